The first-order valence-electron chi connectivity index (χ1n) is 6.81. The van der Waals surface area contributed by atoms with Gasteiger partial charge in [0.25, 0.3) is 0 Å². The van der Waals surface area contributed by atoms with Crippen molar-refractivity contribution in [2.75, 3.05) is 17.6 Å². The van der Waals surface area contributed by atoms with Gasteiger partial charge in [-0.25, -0.2) is 23.0 Å². The molecule has 0 aliphatic rings. The summed E-state index contributed by atoms with van der Waals surface area (Å²) >= 11 is 1.40. The first kappa shape index (κ1) is 18.2. The molecule has 0 saturated heterocycles. The number of carbonyl (C=O) groups excluding carboxylic acids is 1. The molecule has 1 heterocycles. The van der Waals surface area contributed by atoms with E-state index in [9.17, 15) is 13.2 Å². The molecule has 1 aromatic carbocycles. The summed E-state index contributed by atoms with van der Waals surface area (Å²) in [6, 6.07) is 3.84. The van der Waals surface area contributed by atoms with E-state index in [2.05, 4.69) is 26.2 Å². The molecule has 0 saturated carbocycles. The molecule has 2 aromatic rings. The summed E-state index contributed by atoms with van der Waals surface area (Å²) < 4.78 is 24.3. The lowest BCUT2D eigenvalue weighted by atomic mass is 10.2. The number of thioether (sulfide) groups is 1. The zero-order chi connectivity index (χ0) is 17.7. The Morgan fingerprint density at radius 1 is 1.42 bits per heavy atom. The van der Waals surface area contributed by atoms with E-state index in [0.717, 1.165) is 5.56 Å². The van der Waals surface area contributed by atoms with Gasteiger partial charge in [-0.15, -0.1) is 5.10 Å². The Morgan fingerprint density at radius 3 is 2.79 bits per heavy atom. The van der Waals surface area contributed by atoms with Crippen LogP contribution in [-0.4, -0.2) is 47.0 Å². The number of urea groups is 1. The van der Waals surface area contributed by atoms with Crippen LogP contribution in [0.15, 0.2) is 28.3 Å². The number of nitrogens with one attached hydrogen (secondary N) is 2. The minimum atomic E-state index is -3.82. The van der Waals surface area contributed by atoms with Crippen molar-refractivity contribution in [2.45, 2.75) is 17.0 Å². The van der Waals surface area contributed by atoms with Crippen LogP contribution in [0.2, 0.25) is 0 Å². The molecule has 0 fully saturated rings. The van der Waals surface area contributed by atoms with Gasteiger partial charge in [-0.2, -0.15) is 0 Å². The number of aryl methyl sites for hydroxylation is 2. The van der Waals surface area contributed by atoms with E-state index >= 15 is 0 Å². The van der Waals surface area contributed by atoms with Crippen LogP contribution in [-0.2, 0) is 17.1 Å². The molecule has 12 heteroatoms. The topological polar surface area (TPSA) is 145 Å². The number of carbonyl (C=O) groups is 1. The predicted molar refractivity (Wildman–Crippen MR) is 89.1 cm³/mol. The largest absolute Gasteiger partial charge is 0.337 e. The number of nitrogens with two attached hydrogens (primary N) is 1. The van der Waals surface area contributed by atoms with Gasteiger partial charge >= 0.3 is 6.03 Å². The number of nitrogens with zero attached hydrogens (tertiary/aromatic N) is 4. The Balaban J connectivity index is 1.87. The molecule has 130 valence electrons. The molecule has 24 heavy (non-hydrogen) atoms. The molecule has 4 N–H and O–H groups in total. The number of hydrogen-bond acceptors (Lipinski definition) is 7. The van der Waals surface area contributed by atoms with Crippen molar-refractivity contribution in [3.8, 4) is 0 Å². The highest BCUT2D eigenvalue weighted by molar-refractivity contribution is 7.99. The highest BCUT2D eigenvalue weighted by Gasteiger charge is 2.11. The zero-order valence-corrected chi connectivity index (χ0v) is 14.7. The first-order chi connectivity index (χ1) is 11.3. The fourth-order valence-electron chi connectivity index (χ4n) is 1.73. The van der Waals surface area contributed by atoms with Gasteiger partial charge in [0.05, 0.1) is 4.90 Å². The normalized spacial score (nSPS) is 11.3. The molecule has 0 spiro atoms. The van der Waals surface area contributed by atoms with E-state index in [4.69, 9.17) is 5.14 Å². The fraction of sp³-hybridized carbons (Fsp3) is 0.333. The van der Waals surface area contributed by atoms with Crippen LogP contribution in [0.1, 0.15) is 5.56 Å². The van der Waals surface area contributed by atoms with Crippen LogP contribution in [0.3, 0.4) is 0 Å². The maximum absolute atomic E-state index is 11.9. The Kier molecular flexibility index (Phi) is 5.75. The molecule has 10 nitrogen and oxygen atoms in total. The zero-order valence-electron chi connectivity index (χ0n) is 13.1. The molecule has 0 bridgehead atoms. The minimum absolute atomic E-state index is 0.0614. The Hall–Kier alpha value is -2.18. The number of rotatable bonds is 6. The quantitative estimate of drug-likeness (QED) is 0.481. The van der Waals surface area contributed by atoms with Crippen molar-refractivity contribution in [3.05, 3.63) is 23.8 Å². The summed E-state index contributed by atoms with van der Waals surface area (Å²) in [6.45, 7) is 2.14. The number of amides is 2. The lowest BCUT2D eigenvalue weighted by Gasteiger charge is -2.11. The van der Waals surface area contributed by atoms with Crippen LogP contribution in [0.4, 0.5) is 10.5 Å². The number of hydrogen-bond donors (Lipinski definition) is 3. The van der Waals surface area contributed by atoms with Crippen molar-refractivity contribution in [1.82, 2.24) is 25.5 Å². The third-order valence-corrected chi connectivity index (χ3v) is 4.91. The Labute approximate surface area is 143 Å². The van der Waals surface area contributed by atoms with E-state index in [0.29, 0.717) is 23.1 Å². The average molecular weight is 371 g/mol. The Bertz CT molecular complexity index is 835. The molecule has 2 rings (SSSR count). The number of tetrazole rings is 1. The van der Waals surface area contributed by atoms with E-state index < -0.39 is 16.1 Å². The van der Waals surface area contributed by atoms with Crippen molar-refractivity contribution in [1.29, 1.82) is 0 Å². The second-order valence-corrected chi connectivity index (χ2v) is 7.46. The molecule has 2 amide bonds. The highest BCUT2D eigenvalue weighted by Crippen LogP contribution is 2.19. The van der Waals surface area contributed by atoms with Gasteiger partial charge in [0, 0.05) is 25.0 Å². The maximum Gasteiger partial charge on any atom is 0.319 e. The summed E-state index contributed by atoms with van der Waals surface area (Å²) in [4.78, 5) is 11.8. The van der Waals surface area contributed by atoms with Crippen molar-refractivity contribution in [2.24, 2.45) is 12.2 Å². The van der Waals surface area contributed by atoms with Gasteiger partial charge in [-0.3, -0.25) is 0 Å². The third-order valence-electron chi connectivity index (χ3n) is 2.99. The summed E-state index contributed by atoms with van der Waals surface area (Å²) in [7, 11) is -2.10. The van der Waals surface area contributed by atoms with E-state index in [1.807, 2.05) is 0 Å². The summed E-state index contributed by atoms with van der Waals surface area (Å²) in [5.74, 6) is 0.581. The van der Waals surface area contributed by atoms with Gasteiger partial charge in [-0.05, 0) is 35.0 Å². The van der Waals surface area contributed by atoms with Gasteiger partial charge in [0.1, 0.15) is 0 Å². The monoisotopic (exact) mass is 371 g/mol. The lowest BCUT2D eigenvalue weighted by molar-refractivity contribution is 0.252. The van der Waals surface area contributed by atoms with Crippen LogP contribution >= 0.6 is 11.8 Å². The summed E-state index contributed by atoms with van der Waals surface area (Å²) in [5, 5.41) is 22.0. The van der Waals surface area contributed by atoms with E-state index in [1.165, 1.54) is 28.6 Å². The number of benzene rings is 1. The van der Waals surface area contributed by atoms with Gasteiger partial charge in [0.2, 0.25) is 15.2 Å². The standard InChI is InChI=1S/C12H17N7O3S2/c1-8-3-4-9(24(13,21)22)7-10(8)15-11(20)14-5-6-23-12-16-17-18-19(12)2/h3-4,7H,5-6H2,1-2H3,(H2,13,21,22)(H2,14,15,20). The second kappa shape index (κ2) is 7.59. The fourth-order valence-corrected chi connectivity index (χ4v) is 2.97. The third kappa shape index (κ3) is 4.91. The lowest BCUT2D eigenvalue weighted by Crippen LogP contribution is -2.31. The number of aromatic nitrogens is 4. The van der Waals surface area contributed by atoms with Gasteiger partial charge in [0.15, 0.2) is 0 Å². The molecule has 0 atom stereocenters. The number of primary sulfonamides is 1. The van der Waals surface area contributed by atoms with Crippen molar-refractivity contribution < 1.29 is 13.2 Å². The van der Waals surface area contributed by atoms with Crippen LogP contribution in [0.25, 0.3) is 0 Å². The summed E-state index contributed by atoms with van der Waals surface area (Å²) in [6.07, 6.45) is 0. The molecule has 0 aliphatic carbocycles. The predicted octanol–water partition coefficient (Wildman–Crippen LogP) is 0.0797. The molecular weight excluding hydrogens is 354 g/mol. The second-order valence-electron chi connectivity index (χ2n) is 4.84. The van der Waals surface area contributed by atoms with Gasteiger partial charge < -0.3 is 10.6 Å². The molecule has 0 radical (unpaired) electrons. The van der Waals surface area contributed by atoms with Crippen molar-refractivity contribution in [3.63, 3.8) is 0 Å². The van der Waals surface area contributed by atoms with E-state index in [-0.39, 0.29) is 4.90 Å². The number of anilines is 1. The summed E-state index contributed by atoms with van der Waals surface area (Å²) in [5.41, 5.74) is 1.10. The first-order valence-corrected chi connectivity index (χ1v) is 9.34. The smallest absolute Gasteiger partial charge is 0.319 e. The Morgan fingerprint density at radius 2 is 2.17 bits per heavy atom. The maximum atomic E-state index is 11.9. The molecule has 1 aromatic heterocycles. The highest BCUT2D eigenvalue weighted by atomic mass is 32.2. The average Bonchev–Trinajstić information content (AvgIpc) is 2.90. The van der Waals surface area contributed by atoms with Crippen LogP contribution in [0.5, 0.6) is 0 Å². The molecule has 0 aliphatic heterocycles. The minimum Gasteiger partial charge on any atom is -0.337 e. The van der Waals surface area contributed by atoms with Crippen LogP contribution < -0.4 is 15.8 Å². The van der Waals surface area contributed by atoms with E-state index in [1.54, 1.807) is 20.0 Å². The SMILES string of the molecule is Cc1ccc(S(N)(=O)=O)cc1NC(=O)NCCSc1nnnn1C. The number of sulfonamides is 1. The van der Waals surface area contributed by atoms with Gasteiger partial charge in [-0.1, -0.05) is 17.8 Å². The van der Waals surface area contributed by atoms with Crippen molar-refractivity contribution >= 4 is 33.5 Å². The van der Waals surface area contributed by atoms with Crippen LogP contribution in [0, 0.1) is 6.92 Å². The molecule has 0 unspecified atom stereocenters. The molecular formula is C12H17N7O3S2.